The summed E-state index contributed by atoms with van der Waals surface area (Å²) in [6.45, 7) is 0.272. The average Bonchev–Trinajstić information content (AvgIpc) is 2.45. The lowest BCUT2D eigenvalue weighted by Gasteiger charge is -2.09. The standard InChI is InChI=1S/C14H14FN3O/c1-16-13-5-6-17-9-12(13)14(19)18-8-10-3-2-4-11(15)7-10/h2-7,9H,8H2,1H3,(H,16,17)(H,18,19). The van der Waals surface area contributed by atoms with Crippen molar-refractivity contribution >= 4 is 11.6 Å². The molecule has 5 heteroatoms. The SMILES string of the molecule is CNc1ccncc1C(=O)NCc1cccc(F)c1. The second-order valence-electron chi connectivity index (χ2n) is 3.98. The molecule has 1 aromatic carbocycles. The van der Waals surface area contributed by atoms with Crippen molar-refractivity contribution < 1.29 is 9.18 Å². The smallest absolute Gasteiger partial charge is 0.255 e. The summed E-state index contributed by atoms with van der Waals surface area (Å²) in [4.78, 5) is 15.9. The first-order valence-corrected chi connectivity index (χ1v) is 5.85. The molecule has 0 spiro atoms. The summed E-state index contributed by atoms with van der Waals surface area (Å²) in [5, 5.41) is 5.65. The molecule has 19 heavy (non-hydrogen) atoms. The number of anilines is 1. The first kappa shape index (κ1) is 13.0. The lowest BCUT2D eigenvalue weighted by molar-refractivity contribution is 0.0951. The van der Waals surface area contributed by atoms with E-state index in [9.17, 15) is 9.18 Å². The number of hydrogen-bond acceptors (Lipinski definition) is 3. The minimum atomic E-state index is -0.316. The third kappa shape index (κ3) is 3.28. The maximum absolute atomic E-state index is 13.0. The average molecular weight is 259 g/mol. The van der Waals surface area contributed by atoms with E-state index in [-0.39, 0.29) is 18.3 Å². The number of halogens is 1. The highest BCUT2D eigenvalue weighted by Crippen LogP contribution is 2.12. The fourth-order valence-electron chi connectivity index (χ4n) is 1.72. The molecule has 1 heterocycles. The van der Waals surface area contributed by atoms with Crippen molar-refractivity contribution in [3.63, 3.8) is 0 Å². The Morgan fingerprint density at radius 2 is 2.21 bits per heavy atom. The first-order chi connectivity index (χ1) is 9.20. The van der Waals surface area contributed by atoms with E-state index >= 15 is 0 Å². The van der Waals surface area contributed by atoms with Gasteiger partial charge in [0.25, 0.3) is 5.91 Å². The Hall–Kier alpha value is -2.43. The van der Waals surface area contributed by atoms with Crippen LogP contribution in [0.4, 0.5) is 10.1 Å². The monoisotopic (exact) mass is 259 g/mol. The van der Waals surface area contributed by atoms with Crippen molar-refractivity contribution in [1.82, 2.24) is 10.3 Å². The number of pyridine rings is 1. The summed E-state index contributed by atoms with van der Waals surface area (Å²) in [6.07, 6.45) is 3.10. The zero-order valence-electron chi connectivity index (χ0n) is 10.5. The molecule has 0 radical (unpaired) electrons. The number of amides is 1. The Kier molecular flexibility index (Phi) is 4.07. The normalized spacial score (nSPS) is 10.0. The maximum Gasteiger partial charge on any atom is 0.255 e. The number of carbonyl (C=O) groups excluding carboxylic acids is 1. The van der Waals surface area contributed by atoms with Crippen LogP contribution in [0.25, 0.3) is 0 Å². The van der Waals surface area contributed by atoms with Crippen LogP contribution in [0.1, 0.15) is 15.9 Å². The number of hydrogen-bond donors (Lipinski definition) is 2. The highest BCUT2D eigenvalue weighted by atomic mass is 19.1. The minimum Gasteiger partial charge on any atom is -0.387 e. The van der Waals surface area contributed by atoms with Crippen LogP contribution in [-0.2, 0) is 6.54 Å². The van der Waals surface area contributed by atoms with Crippen molar-refractivity contribution in [3.05, 3.63) is 59.7 Å². The lowest BCUT2D eigenvalue weighted by Crippen LogP contribution is -2.23. The third-order valence-electron chi connectivity index (χ3n) is 2.68. The number of carbonyl (C=O) groups is 1. The number of aromatic nitrogens is 1. The molecular formula is C14H14FN3O. The molecule has 4 nitrogen and oxygen atoms in total. The van der Waals surface area contributed by atoms with E-state index < -0.39 is 0 Å². The zero-order chi connectivity index (χ0) is 13.7. The summed E-state index contributed by atoms with van der Waals surface area (Å²) >= 11 is 0. The number of rotatable bonds is 4. The molecule has 1 amide bonds. The molecule has 2 rings (SSSR count). The molecule has 0 saturated heterocycles. The van der Waals surface area contributed by atoms with Crippen molar-refractivity contribution in [2.24, 2.45) is 0 Å². The summed E-state index contributed by atoms with van der Waals surface area (Å²) in [5.41, 5.74) is 1.87. The van der Waals surface area contributed by atoms with Gasteiger partial charge < -0.3 is 10.6 Å². The van der Waals surface area contributed by atoms with E-state index in [1.807, 2.05) is 0 Å². The molecule has 1 aromatic heterocycles. The predicted octanol–water partition coefficient (Wildman–Crippen LogP) is 2.19. The summed E-state index contributed by atoms with van der Waals surface area (Å²) in [5.74, 6) is -0.564. The van der Waals surface area contributed by atoms with Gasteiger partial charge >= 0.3 is 0 Å². The van der Waals surface area contributed by atoms with Crippen molar-refractivity contribution in [1.29, 1.82) is 0 Å². The minimum absolute atomic E-state index is 0.248. The van der Waals surface area contributed by atoms with E-state index in [1.165, 1.54) is 18.3 Å². The highest BCUT2D eigenvalue weighted by molar-refractivity contribution is 5.99. The van der Waals surface area contributed by atoms with Crippen LogP contribution < -0.4 is 10.6 Å². The molecule has 0 saturated carbocycles. The topological polar surface area (TPSA) is 54.0 Å². The Morgan fingerprint density at radius 3 is 2.95 bits per heavy atom. The van der Waals surface area contributed by atoms with E-state index in [0.29, 0.717) is 16.8 Å². The van der Waals surface area contributed by atoms with Crippen LogP contribution in [-0.4, -0.2) is 17.9 Å². The van der Waals surface area contributed by atoms with Gasteiger partial charge in [-0.25, -0.2) is 4.39 Å². The molecular weight excluding hydrogens is 245 g/mol. The van der Waals surface area contributed by atoms with Crippen LogP contribution in [0.5, 0.6) is 0 Å². The Balaban J connectivity index is 2.05. The van der Waals surface area contributed by atoms with Crippen molar-refractivity contribution in [2.75, 3.05) is 12.4 Å². The van der Waals surface area contributed by atoms with Crippen LogP contribution in [0.2, 0.25) is 0 Å². The van der Waals surface area contributed by atoms with E-state index in [0.717, 1.165) is 0 Å². The van der Waals surface area contributed by atoms with Gasteiger partial charge in [-0.15, -0.1) is 0 Å². The third-order valence-corrected chi connectivity index (χ3v) is 2.68. The van der Waals surface area contributed by atoms with E-state index in [1.54, 1.807) is 31.4 Å². The molecule has 0 aliphatic heterocycles. The fourth-order valence-corrected chi connectivity index (χ4v) is 1.72. The molecule has 0 fully saturated rings. The molecule has 2 N–H and O–H groups in total. The van der Waals surface area contributed by atoms with Crippen LogP contribution in [0.15, 0.2) is 42.7 Å². The zero-order valence-corrected chi connectivity index (χ0v) is 10.5. The van der Waals surface area contributed by atoms with Gasteiger partial charge in [0.1, 0.15) is 5.82 Å². The molecule has 2 aromatic rings. The van der Waals surface area contributed by atoms with E-state index in [4.69, 9.17) is 0 Å². The van der Waals surface area contributed by atoms with Gasteiger partial charge in [0, 0.05) is 31.7 Å². The van der Waals surface area contributed by atoms with Crippen molar-refractivity contribution in [3.8, 4) is 0 Å². The fraction of sp³-hybridized carbons (Fsp3) is 0.143. The van der Waals surface area contributed by atoms with Crippen molar-refractivity contribution in [2.45, 2.75) is 6.54 Å². The quantitative estimate of drug-likeness (QED) is 0.885. The molecule has 0 bridgehead atoms. The summed E-state index contributed by atoms with van der Waals surface area (Å²) in [6, 6.07) is 7.84. The molecule has 0 aliphatic rings. The van der Waals surface area contributed by atoms with Gasteiger partial charge in [0.2, 0.25) is 0 Å². The second-order valence-corrected chi connectivity index (χ2v) is 3.98. The first-order valence-electron chi connectivity index (χ1n) is 5.85. The number of nitrogens with zero attached hydrogens (tertiary/aromatic N) is 1. The molecule has 0 atom stereocenters. The summed E-state index contributed by atoms with van der Waals surface area (Å²) < 4.78 is 13.0. The summed E-state index contributed by atoms with van der Waals surface area (Å²) in [7, 11) is 1.73. The Labute approximate surface area is 110 Å². The highest BCUT2D eigenvalue weighted by Gasteiger charge is 2.10. The molecule has 98 valence electrons. The predicted molar refractivity (Wildman–Crippen MR) is 71.4 cm³/mol. The van der Waals surface area contributed by atoms with Crippen LogP contribution in [0.3, 0.4) is 0 Å². The number of benzene rings is 1. The van der Waals surface area contributed by atoms with Gasteiger partial charge in [-0.3, -0.25) is 9.78 Å². The molecule has 0 aliphatic carbocycles. The second kappa shape index (κ2) is 5.95. The van der Waals surface area contributed by atoms with Gasteiger partial charge in [0.15, 0.2) is 0 Å². The van der Waals surface area contributed by atoms with E-state index in [2.05, 4.69) is 15.6 Å². The Bertz CT molecular complexity index is 586. The van der Waals surface area contributed by atoms with Crippen LogP contribution >= 0.6 is 0 Å². The van der Waals surface area contributed by atoms with Crippen LogP contribution in [0, 0.1) is 5.82 Å². The Morgan fingerprint density at radius 1 is 1.37 bits per heavy atom. The van der Waals surface area contributed by atoms with Gasteiger partial charge in [-0.2, -0.15) is 0 Å². The lowest BCUT2D eigenvalue weighted by atomic mass is 10.2. The molecule has 0 unspecified atom stereocenters. The number of nitrogens with one attached hydrogen (secondary N) is 2. The van der Waals surface area contributed by atoms with Gasteiger partial charge in [-0.05, 0) is 23.8 Å². The van der Waals surface area contributed by atoms with Gasteiger partial charge in [0.05, 0.1) is 5.56 Å². The van der Waals surface area contributed by atoms with Gasteiger partial charge in [-0.1, -0.05) is 12.1 Å². The largest absolute Gasteiger partial charge is 0.387 e. The maximum atomic E-state index is 13.0.